The number of nitrogens with zero attached hydrogens (tertiary/aromatic N) is 2. The van der Waals surface area contributed by atoms with E-state index < -0.39 is 0 Å². The van der Waals surface area contributed by atoms with Crippen LogP contribution in [0.25, 0.3) is 11.0 Å². The maximum Gasteiger partial charge on any atom is 0.203 e. The summed E-state index contributed by atoms with van der Waals surface area (Å²) < 4.78 is 7.71. The van der Waals surface area contributed by atoms with Crippen LogP contribution in [0.2, 0.25) is 0 Å². The van der Waals surface area contributed by atoms with Gasteiger partial charge in [0.15, 0.2) is 0 Å². The van der Waals surface area contributed by atoms with Crippen molar-refractivity contribution in [3.05, 3.63) is 24.3 Å². The maximum absolute atomic E-state index is 5.61. The molecule has 0 aliphatic carbocycles. The van der Waals surface area contributed by atoms with Crippen molar-refractivity contribution < 1.29 is 4.74 Å². The van der Waals surface area contributed by atoms with Crippen LogP contribution in [0.5, 0.6) is 0 Å². The van der Waals surface area contributed by atoms with Gasteiger partial charge in [0.05, 0.1) is 17.1 Å². The van der Waals surface area contributed by atoms with Crippen molar-refractivity contribution >= 4 is 17.0 Å². The number of para-hydroxylation sites is 2. The fourth-order valence-electron chi connectivity index (χ4n) is 2.52. The van der Waals surface area contributed by atoms with Crippen molar-refractivity contribution in [2.24, 2.45) is 7.05 Å². The van der Waals surface area contributed by atoms with Crippen LogP contribution in [0.4, 0.5) is 5.95 Å². The normalized spacial score (nSPS) is 19.5. The molecule has 1 aliphatic rings. The number of rotatable bonds is 4. The van der Waals surface area contributed by atoms with E-state index >= 15 is 0 Å². The van der Waals surface area contributed by atoms with Gasteiger partial charge >= 0.3 is 0 Å². The molecule has 0 saturated carbocycles. The van der Waals surface area contributed by atoms with Crippen molar-refractivity contribution in [3.63, 3.8) is 0 Å². The lowest BCUT2D eigenvalue weighted by molar-refractivity contribution is 0.107. The van der Waals surface area contributed by atoms with E-state index in [1.807, 2.05) is 25.2 Å². The number of anilines is 1. The largest absolute Gasteiger partial charge is 0.378 e. The lowest BCUT2D eigenvalue weighted by Crippen LogP contribution is -2.14. The first-order valence-electron chi connectivity index (χ1n) is 6.61. The quantitative estimate of drug-likeness (QED) is 0.899. The minimum Gasteiger partial charge on any atom is -0.378 e. The van der Waals surface area contributed by atoms with E-state index in [1.54, 1.807) is 0 Å². The Morgan fingerprint density at radius 2 is 2.33 bits per heavy atom. The van der Waals surface area contributed by atoms with Crippen molar-refractivity contribution in [1.29, 1.82) is 0 Å². The molecule has 1 fully saturated rings. The molecular weight excluding hydrogens is 226 g/mol. The van der Waals surface area contributed by atoms with Gasteiger partial charge in [-0.3, -0.25) is 0 Å². The molecule has 0 spiro atoms. The van der Waals surface area contributed by atoms with Crippen LogP contribution in [-0.2, 0) is 11.8 Å². The van der Waals surface area contributed by atoms with Crippen molar-refractivity contribution in [1.82, 2.24) is 9.55 Å². The Morgan fingerprint density at radius 3 is 3.11 bits per heavy atom. The Hall–Kier alpha value is -1.55. The van der Waals surface area contributed by atoms with Crippen LogP contribution >= 0.6 is 0 Å². The smallest absolute Gasteiger partial charge is 0.203 e. The molecule has 96 valence electrons. The first-order valence-corrected chi connectivity index (χ1v) is 6.61. The van der Waals surface area contributed by atoms with Gasteiger partial charge in [-0.25, -0.2) is 4.98 Å². The van der Waals surface area contributed by atoms with E-state index in [9.17, 15) is 0 Å². The molecule has 0 amide bonds. The highest BCUT2D eigenvalue weighted by atomic mass is 16.5. The number of hydrogen-bond acceptors (Lipinski definition) is 3. The Labute approximate surface area is 107 Å². The highest BCUT2D eigenvalue weighted by Gasteiger charge is 2.15. The molecule has 0 bridgehead atoms. The van der Waals surface area contributed by atoms with Crippen molar-refractivity contribution in [3.8, 4) is 0 Å². The number of ether oxygens (including phenoxy) is 1. The molecule has 1 unspecified atom stereocenters. The number of aryl methyl sites for hydroxylation is 1. The molecule has 4 heteroatoms. The van der Waals surface area contributed by atoms with E-state index in [4.69, 9.17) is 4.74 Å². The predicted octanol–water partition coefficient (Wildman–Crippen LogP) is 2.55. The molecule has 1 aromatic carbocycles. The standard InChI is InChI=1S/C14H19N3O/c1-17-13-7-3-2-6-12(13)16-14(17)15-9-8-11-5-4-10-18-11/h2-3,6-7,11H,4-5,8-10H2,1H3,(H,15,16). The van der Waals surface area contributed by atoms with Crippen LogP contribution in [0.1, 0.15) is 19.3 Å². The zero-order chi connectivity index (χ0) is 12.4. The maximum atomic E-state index is 5.61. The zero-order valence-electron chi connectivity index (χ0n) is 10.7. The summed E-state index contributed by atoms with van der Waals surface area (Å²) in [4.78, 5) is 4.59. The lowest BCUT2D eigenvalue weighted by atomic mass is 10.2. The average Bonchev–Trinajstić information content (AvgIpc) is 3.00. The first-order chi connectivity index (χ1) is 8.84. The summed E-state index contributed by atoms with van der Waals surface area (Å²) in [6, 6.07) is 8.19. The molecular formula is C14H19N3O. The second kappa shape index (κ2) is 4.98. The molecule has 1 aliphatic heterocycles. The molecule has 1 saturated heterocycles. The van der Waals surface area contributed by atoms with E-state index in [-0.39, 0.29) is 0 Å². The van der Waals surface area contributed by atoms with Crippen LogP contribution < -0.4 is 5.32 Å². The highest BCUT2D eigenvalue weighted by Crippen LogP contribution is 2.19. The zero-order valence-corrected chi connectivity index (χ0v) is 10.7. The van der Waals surface area contributed by atoms with E-state index in [2.05, 4.69) is 20.9 Å². The van der Waals surface area contributed by atoms with Crippen molar-refractivity contribution in [2.45, 2.75) is 25.4 Å². The monoisotopic (exact) mass is 245 g/mol. The van der Waals surface area contributed by atoms with E-state index in [0.717, 1.165) is 36.6 Å². The molecule has 1 aromatic heterocycles. The minimum absolute atomic E-state index is 0.437. The Morgan fingerprint density at radius 1 is 1.44 bits per heavy atom. The molecule has 18 heavy (non-hydrogen) atoms. The topological polar surface area (TPSA) is 39.1 Å². The Bertz CT molecular complexity index is 529. The van der Waals surface area contributed by atoms with Gasteiger partial charge in [0.2, 0.25) is 5.95 Å². The average molecular weight is 245 g/mol. The summed E-state index contributed by atoms with van der Waals surface area (Å²) in [7, 11) is 2.05. The number of nitrogens with one attached hydrogen (secondary N) is 1. The molecule has 4 nitrogen and oxygen atoms in total. The predicted molar refractivity (Wildman–Crippen MR) is 72.8 cm³/mol. The number of hydrogen-bond donors (Lipinski definition) is 1. The third-order valence-corrected chi connectivity index (χ3v) is 3.56. The van der Waals surface area contributed by atoms with Crippen LogP contribution in [0.3, 0.4) is 0 Å². The third kappa shape index (κ3) is 2.20. The third-order valence-electron chi connectivity index (χ3n) is 3.56. The van der Waals surface area contributed by atoms with Crippen LogP contribution in [0, 0.1) is 0 Å². The number of fused-ring (bicyclic) bond motifs is 1. The van der Waals surface area contributed by atoms with E-state index in [0.29, 0.717) is 6.10 Å². The van der Waals surface area contributed by atoms with Gasteiger partial charge in [0.1, 0.15) is 0 Å². The molecule has 3 rings (SSSR count). The molecule has 1 atom stereocenters. The fraction of sp³-hybridized carbons (Fsp3) is 0.500. The fourth-order valence-corrected chi connectivity index (χ4v) is 2.52. The van der Waals surface area contributed by atoms with Crippen molar-refractivity contribution in [2.75, 3.05) is 18.5 Å². The molecule has 2 heterocycles. The summed E-state index contributed by atoms with van der Waals surface area (Å²) in [5.41, 5.74) is 2.21. The van der Waals surface area contributed by atoms with Gasteiger partial charge in [0.25, 0.3) is 0 Å². The van der Waals surface area contributed by atoms with Gasteiger partial charge in [-0.15, -0.1) is 0 Å². The van der Waals surface area contributed by atoms with Crippen LogP contribution in [-0.4, -0.2) is 28.8 Å². The minimum atomic E-state index is 0.437. The summed E-state index contributed by atoms with van der Waals surface area (Å²) in [6.07, 6.45) is 3.90. The van der Waals surface area contributed by atoms with Crippen LogP contribution in [0.15, 0.2) is 24.3 Å². The Balaban J connectivity index is 1.65. The summed E-state index contributed by atoms with van der Waals surface area (Å²) >= 11 is 0. The van der Waals surface area contributed by atoms with Gasteiger partial charge in [-0.1, -0.05) is 12.1 Å². The lowest BCUT2D eigenvalue weighted by Gasteiger charge is -2.10. The second-order valence-electron chi connectivity index (χ2n) is 4.83. The van der Waals surface area contributed by atoms with Gasteiger partial charge in [0, 0.05) is 20.2 Å². The second-order valence-corrected chi connectivity index (χ2v) is 4.83. The highest BCUT2D eigenvalue weighted by molar-refractivity contribution is 5.78. The van der Waals surface area contributed by atoms with E-state index in [1.165, 1.54) is 12.8 Å². The summed E-state index contributed by atoms with van der Waals surface area (Å²) in [6.45, 7) is 1.85. The molecule has 1 N–H and O–H groups in total. The Kier molecular flexibility index (Phi) is 3.19. The van der Waals surface area contributed by atoms with Gasteiger partial charge in [-0.2, -0.15) is 0 Å². The molecule has 0 radical (unpaired) electrons. The van der Waals surface area contributed by atoms with Gasteiger partial charge in [-0.05, 0) is 31.4 Å². The SMILES string of the molecule is Cn1c(NCCC2CCCO2)nc2ccccc21. The summed E-state index contributed by atoms with van der Waals surface area (Å²) in [5.74, 6) is 0.939. The van der Waals surface area contributed by atoms with Gasteiger partial charge < -0.3 is 14.6 Å². The first kappa shape index (κ1) is 11.5. The number of aromatic nitrogens is 2. The number of benzene rings is 1. The molecule has 2 aromatic rings. The number of imidazole rings is 1. The summed E-state index contributed by atoms with van der Waals surface area (Å²) in [5, 5.41) is 3.40.